The van der Waals surface area contributed by atoms with Crippen LogP contribution in [-0.2, 0) is 0 Å². The molecule has 1 rings (SSSR count). The molecule has 0 saturated heterocycles. The second kappa shape index (κ2) is 3.58. The summed E-state index contributed by atoms with van der Waals surface area (Å²) in [6.07, 6.45) is 0. The molecule has 4 heteroatoms. The van der Waals surface area contributed by atoms with E-state index >= 15 is 0 Å². The third-order valence-electron chi connectivity index (χ3n) is 1.40. The lowest BCUT2D eigenvalue weighted by atomic mass is 10.2. The maximum absolute atomic E-state index is 5.23. The van der Waals surface area contributed by atoms with Gasteiger partial charge in [0.05, 0.1) is 5.69 Å². The Morgan fingerprint density at radius 1 is 1.42 bits per heavy atom. The largest absolute Gasteiger partial charge is 0.370 e. The van der Waals surface area contributed by atoms with Crippen LogP contribution in [0.5, 0.6) is 0 Å². The fraction of sp³-hybridized carbons (Fsp3) is 0.125. The zero-order valence-electron chi connectivity index (χ0n) is 6.71. The average molecular weight is 228 g/mol. The van der Waals surface area contributed by atoms with Crippen LogP contribution in [0.4, 0.5) is 5.69 Å². The molecule has 0 spiro atoms. The third kappa shape index (κ3) is 2.23. The summed E-state index contributed by atoms with van der Waals surface area (Å²) in [6.45, 7) is 1.98. The maximum Gasteiger partial charge on any atom is 0.191 e. The number of benzene rings is 1. The zero-order valence-corrected chi connectivity index (χ0v) is 8.30. The summed E-state index contributed by atoms with van der Waals surface area (Å²) in [5.74, 6) is 0.0803. The van der Waals surface area contributed by atoms with Gasteiger partial charge in [-0.3, -0.25) is 0 Å². The number of nitrogens with two attached hydrogens (primary N) is 2. The minimum absolute atomic E-state index is 0.0803. The van der Waals surface area contributed by atoms with Crippen molar-refractivity contribution in [1.82, 2.24) is 0 Å². The van der Waals surface area contributed by atoms with E-state index in [1.165, 1.54) is 0 Å². The minimum Gasteiger partial charge on any atom is -0.370 e. The minimum atomic E-state index is 0.0803. The number of rotatable bonds is 1. The van der Waals surface area contributed by atoms with Gasteiger partial charge in [-0.15, -0.1) is 0 Å². The second-order valence-electron chi connectivity index (χ2n) is 2.47. The molecule has 0 aromatic heterocycles. The lowest BCUT2D eigenvalue weighted by Crippen LogP contribution is -2.21. The predicted octanol–water partition coefficient (Wildman–Crippen LogP) is 1.66. The van der Waals surface area contributed by atoms with Crippen LogP contribution in [0.1, 0.15) is 5.56 Å². The van der Waals surface area contributed by atoms with Crippen molar-refractivity contribution in [2.24, 2.45) is 16.5 Å². The van der Waals surface area contributed by atoms with E-state index in [0.717, 1.165) is 15.7 Å². The van der Waals surface area contributed by atoms with Crippen molar-refractivity contribution < 1.29 is 0 Å². The fourth-order valence-electron chi connectivity index (χ4n) is 0.847. The zero-order chi connectivity index (χ0) is 9.14. The molecule has 4 N–H and O–H groups in total. The Labute approximate surface area is 79.6 Å². The summed E-state index contributed by atoms with van der Waals surface area (Å²) in [5, 5.41) is 0. The normalized spacial score (nSPS) is 9.50. The Morgan fingerprint density at radius 2 is 2.08 bits per heavy atom. The molecule has 1 aromatic rings. The highest BCUT2D eigenvalue weighted by molar-refractivity contribution is 9.10. The molecule has 0 fully saturated rings. The summed E-state index contributed by atoms with van der Waals surface area (Å²) >= 11 is 3.38. The van der Waals surface area contributed by atoms with Crippen LogP contribution < -0.4 is 11.5 Å². The molecule has 12 heavy (non-hydrogen) atoms. The summed E-state index contributed by atoms with van der Waals surface area (Å²) in [6, 6.07) is 5.66. The van der Waals surface area contributed by atoms with Crippen LogP contribution in [0.25, 0.3) is 0 Å². The molecule has 0 unspecified atom stereocenters. The van der Waals surface area contributed by atoms with Gasteiger partial charge in [0.25, 0.3) is 0 Å². The van der Waals surface area contributed by atoms with Crippen molar-refractivity contribution in [3.63, 3.8) is 0 Å². The smallest absolute Gasteiger partial charge is 0.191 e. The van der Waals surface area contributed by atoms with Gasteiger partial charge in [0, 0.05) is 4.47 Å². The van der Waals surface area contributed by atoms with Crippen molar-refractivity contribution in [3.05, 3.63) is 28.2 Å². The van der Waals surface area contributed by atoms with Gasteiger partial charge in [-0.2, -0.15) is 0 Å². The van der Waals surface area contributed by atoms with Gasteiger partial charge in [0.2, 0.25) is 0 Å². The van der Waals surface area contributed by atoms with Crippen molar-refractivity contribution >= 4 is 27.6 Å². The average Bonchev–Trinajstić information content (AvgIpc) is 1.96. The van der Waals surface area contributed by atoms with Crippen molar-refractivity contribution in [1.29, 1.82) is 0 Å². The van der Waals surface area contributed by atoms with E-state index in [1.807, 2.05) is 25.1 Å². The topological polar surface area (TPSA) is 64.4 Å². The van der Waals surface area contributed by atoms with E-state index in [4.69, 9.17) is 11.5 Å². The molecule has 0 bridgehead atoms. The van der Waals surface area contributed by atoms with Gasteiger partial charge in [0.1, 0.15) is 0 Å². The molecule has 0 aliphatic rings. The molecule has 0 aliphatic carbocycles. The number of nitrogens with zero attached hydrogens (tertiary/aromatic N) is 1. The monoisotopic (exact) mass is 227 g/mol. The third-order valence-corrected chi connectivity index (χ3v) is 2.29. The predicted molar refractivity (Wildman–Crippen MR) is 54.3 cm³/mol. The molecule has 64 valence electrons. The van der Waals surface area contributed by atoms with E-state index < -0.39 is 0 Å². The lowest BCUT2D eigenvalue weighted by Gasteiger charge is -1.99. The van der Waals surface area contributed by atoms with E-state index in [1.54, 1.807) is 0 Å². The summed E-state index contributed by atoms with van der Waals surface area (Å²) in [7, 11) is 0. The Bertz CT molecular complexity index is 316. The van der Waals surface area contributed by atoms with Crippen molar-refractivity contribution in [2.45, 2.75) is 6.92 Å². The summed E-state index contributed by atoms with van der Waals surface area (Å²) in [4.78, 5) is 3.91. The van der Waals surface area contributed by atoms with Gasteiger partial charge in [-0.05, 0) is 30.7 Å². The Morgan fingerprint density at radius 3 is 2.58 bits per heavy atom. The first kappa shape index (κ1) is 9.06. The highest BCUT2D eigenvalue weighted by Crippen LogP contribution is 2.21. The molecule has 3 nitrogen and oxygen atoms in total. The first-order valence-electron chi connectivity index (χ1n) is 3.45. The van der Waals surface area contributed by atoms with Gasteiger partial charge >= 0.3 is 0 Å². The van der Waals surface area contributed by atoms with Crippen LogP contribution >= 0.6 is 15.9 Å². The number of aryl methyl sites for hydroxylation is 1. The second-order valence-corrected chi connectivity index (χ2v) is 3.32. The van der Waals surface area contributed by atoms with Gasteiger partial charge in [-0.25, -0.2) is 4.99 Å². The number of halogens is 1. The van der Waals surface area contributed by atoms with Crippen LogP contribution in [0, 0.1) is 6.92 Å². The van der Waals surface area contributed by atoms with Crippen molar-refractivity contribution in [2.75, 3.05) is 0 Å². The van der Waals surface area contributed by atoms with Crippen LogP contribution in [0.2, 0.25) is 0 Å². The number of hydrogen-bond donors (Lipinski definition) is 2. The molecular weight excluding hydrogens is 218 g/mol. The maximum atomic E-state index is 5.23. The summed E-state index contributed by atoms with van der Waals surface area (Å²) < 4.78 is 1.05. The molecule has 0 amide bonds. The molecule has 0 aliphatic heterocycles. The molecule has 0 atom stereocenters. The molecule has 0 heterocycles. The summed E-state index contributed by atoms with van der Waals surface area (Å²) in [5.41, 5.74) is 12.3. The highest BCUT2D eigenvalue weighted by Gasteiger charge is 1.95. The molecule has 0 saturated carbocycles. The Kier molecular flexibility index (Phi) is 2.70. The Hall–Kier alpha value is -1.03. The number of guanidine groups is 1. The van der Waals surface area contributed by atoms with Crippen molar-refractivity contribution in [3.8, 4) is 0 Å². The molecule has 1 aromatic carbocycles. The quantitative estimate of drug-likeness (QED) is 0.567. The van der Waals surface area contributed by atoms with E-state index in [9.17, 15) is 0 Å². The van der Waals surface area contributed by atoms with Gasteiger partial charge in [0.15, 0.2) is 5.96 Å². The first-order valence-corrected chi connectivity index (χ1v) is 4.24. The SMILES string of the molecule is Cc1cc(N=C(N)N)ccc1Br. The van der Waals surface area contributed by atoms with Crippen LogP contribution in [0.15, 0.2) is 27.7 Å². The number of aliphatic imine (C=N–C) groups is 1. The first-order chi connectivity index (χ1) is 5.59. The molecular formula is C8H10BrN3. The van der Waals surface area contributed by atoms with Gasteiger partial charge in [-0.1, -0.05) is 15.9 Å². The van der Waals surface area contributed by atoms with E-state index in [0.29, 0.717) is 0 Å². The fourth-order valence-corrected chi connectivity index (χ4v) is 1.09. The van der Waals surface area contributed by atoms with Crippen LogP contribution in [0.3, 0.4) is 0 Å². The van der Waals surface area contributed by atoms with E-state index in [-0.39, 0.29) is 5.96 Å². The van der Waals surface area contributed by atoms with E-state index in [2.05, 4.69) is 20.9 Å². The Balaban J connectivity index is 3.05. The number of hydrogen-bond acceptors (Lipinski definition) is 1. The van der Waals surface area contributed by atoms with Crippen LogP contribution in [-0.4, -0.2) is 5.96 Å². The van der Waals surface area contributed by atoms with Gasteiger partial charge < -0.3 is 11.5 Å². The highest BCUT2D eigenvalue weighted by atomic mass is 79.9. The molecule has 0 radical (unpaired) electrons. The lowest BCUT2D eigenvalue weighted by molar-refractivity contribution is 1.37. The standard InChI is InChI=1S/C8H10BrN3/c1-5-4-6(12-8(10)11)2-3-7(5)9/h2-4H,1H3,(H4,10,11,12).